The maximum Gasteiger partial charge on any atom is 0.251 e. The Balaban J connectivity index is 1.58. The van der Waals surface area contributed by atoms with Crippen molar-refractivity contribution in [1.82, 2.24) is 10.6 Å². The summed E-state index contributed by atoms with van der Waals surface area (Å²) in [6, 6.07) is 13.4. The first-order valence-corrected chi connectivity index (χ1v) is 9.28. The number of rotatable bonds is 9. The minimum atomic E-state index is -0.133. The van der Waals surface area contributed by atoms with Crippen LogP contribution in [-0.2, 0) is 4.79 Å². The van der Waals surface area contributed by atoms with E-state index in [0.717, 1.165) is 22.4 Å². The van der Waals surface area contributed by atoms with Crippen molar-refractivity contribution in [2.24, 2.45) is 0 Å². The van der Waals surface area contributed by atoms with Gasteiger partial charge in [-0.25, -0.2) is 0 Å². The molecule has 0 atom stereocenters. The number of carbonyl (C=O) groups excluding carboxylic acids is 2. The number of hydrogen-bond donors (Lipinski definition) is 2. The molecule has 2 aromatic carbocycles. The number of aryl methyl sites for hydroxylation is 3. The van der Waals surface area contributed by atoms with E-state index in [1.165, 1.54) is 0 Å². The smallest absolute Gasteiger partial charge is 0.251 e. The summed E-state index contributed by atoms with van der Waals surface area (Å²) < 4.78 is 5.80. The lowest BCUT2D eigenvalue weighted by Gasteiger charge is -2.12. The van der Waals surface area contributed by atoms with E-state index in [-0.39, 0.29) is 11.8 Å². The van der Waals surface area contributed by atoms with Gasteiger partial charge in [0, 0.05) is 25.1 Å². The molecular weight excluding hydrogens is 340 g/mol. The topological polar surface area (TPSA) is 67.4 Å². The van der Waals surface area contributed by atoms with Gasteiger partial charge in [-0.15, -0.1) is 0 Å². The number of amides is 2. The van der Waals surface area contributed by atoms with Crippen LogP contribution in [0.5, 0.6) is 5.75 Å². The van der Waals surface area contributed by atoms with Gasteiger partial charge >= 0.3 is 0 Å². The molecule has 5 heteroatoms. The van der Waals surface area contributed by atoms with Gasteiger partial charge in [0.25, 0.3) is 5.91 Å². The van der Waals surface area contributed by atoms with Crippen molar-refractivity contribution in [3.8, 4) is 5.75 Å². The average Bonchev–Trinajstić information content (AvgIpc) is 2.64. The second-order valence-electron chi connectivity index (χ2n) is 6.64. The predicted octanol–water partition coefficient (Wildman–Crippen LogP) is 3.32. The Bertz CT molecular complexity index is 749. The highest BCUT2D eigenvalue weighted by Gasteiger charge is 2.06. The molecule has 5 nitrogen and oxygen atoms in total. The molecule has 2 N–H and O–H groups in total. The lowest BCUT2D eigenvalue weighted by atomic mass is 10.1. The van der Waals surface area contributed by atoms with Crippen molar-refractivity contribution in [1.29, 1.82) is 0 Å². The number of nitrogens with one attached hydrogen (secondary N) is 2. The monoisotopic (exact) mass is 368 g/mol. The standard InChI is InChI=1S/C22H28N2O3/c1-16-9-11-19(12-10-16)22(26)24-14-13-23-20(25)8-5-15-27-21-17(2)6-4-7-18(21)3/h4,6-7,9-12H,5,8,13-15H2,1-3H3,(H,23,25)(H,24,26). The molecule has 144 valence electrons. The van der Waals surface area contributed by atoms with E-state index in [0.29, 0.717) is 38.1 Å². The predicted molar refractivity (Wildman–Crippen MR) is 107 cm³/mol. The summed E-state index contributed by atoms with van der Waals surface area (Å²) in [5, 5.41) is 5.61. The van der Waals surface area contributed by atoms with Gasteiger partial charge in [-0.1, -0.05) is 35.9 Å². The third kappa shape index (κ3) is 6.77. The molecule has 0 heterocycles. The maximum absolute atomic E-state index is 12.0. The molecule has 2 amide bonds. The van der Waals surface area contributed by atoms with E-state index < -0.39 is 0 Å². The van der Waals surface area contributed by atoms with Crippen molar-refractivity contribution in [2.75, 3.05) is 19.7 Å². The van der Waals surface area contributed by atoms with E-state index in [1.54, 1.807) is 12.1 Å². The van der Waals surface area contributed by atoms with Gasteiger partial charge in [-0.2, -0.15) is 0 Å². The van der Waals surface area contributed by atoms with Crippen LogP contribution in [0.2, 0.25) is 0 Å². The van der Waals surface area contributed by atoms with Crippen molar-refractivity contribution in [3.05, 3.63) is 64.7 Å². The normalized spacial score (nSPS) is 10.3. The van der Waals surface area contributed by atoms with Crippen molar-refractivity contribution in [2.45, 2.75) is 33.6 Å². The molecule has 27 heavy (non-hydrogen) atoms. The fourth-order valence-corrected chi connectivity index (χ4v) is 2.71. The average molecular weight is 368 g/mol. The van der Waals surface area contributed by atoms with E-state index in [2.05, 4.69) is 10.6 Å². The Hall–Kier alpha value is -2.82. The molecule has 2 rings (SSSR count). The van der Waals surface area contributed by atoms with Crippen LogP contribution < -0.4 is 15.4 Å². The lowest BCUT2D eigenvalue weighted by Crippen LogP contribution is -2.34. The number of ether oxygens (including phenoxy) is 1. The third-order valence-corrected chi connectivity index (χ3v) is 4.25. The van der Waals surface area contributed by atoms with Crippen molar-refractivity contribution >= 4 is 11.8 Å². The molecule has 0 saturated heterocycles. The molecule has 0 saturated carbocycles. The largest absolute Gasteiger partial charge is 0.493 e. The third-order valence-electron chi connectivity index (χ3n) is 4.25. The summed E-state index contributed by atoms with van der Waals surface area (Å²) in [4.78, 5) is 23.8. The Kier molecular flexibility index (Phi) is 7.86. The molecule has 0 radical (unpaired) electrons. The fraction of sp³-hybridized carbons (Fsp3) is 0.364. The van der Waals surface area contributed by atoms with Gasteiger partial charge in [-0.3, -0.25) is 9.59 Å². The minimum absolute atomic E-state index is 0.0373. The Morgan fingerprint density at radius 1 is 0.889 bits per heavy atom. The molecule has 0 spiro atoms. The van der Waals surface area contributed by atoms with E-state index in [9.17, 15) is 9.59 Å². The number of hydrogen-bond acceptors (Lipinski definition) is 3. The van der Waals surface area contributed by atoms with Crippen LogP contribution in [0.15, 0.2) is 42.5 Å². The zero-order valence-corrected chi connectivity index (χ0v) is 16.3. The highest BCUT2D eigenvalue weighted by atomic mass is 16.5. The number of carbonyl (C=O) groups is 2. The molecule has 0 fully saturated rings. The minimum Gasteiger partial charge on any atom is -0.493 e. The van der Waals surface area contributed by atoms with Gasteiger partial charge in [0.15, 0.2) is 0 Å². The van der Waals surface area contributed by atoms with Crippen molar-refractivity contribution < 1.29 is 14.3 Å². The van der Waals surface area contributed by atoms with Crippen LogP contribution in [0.25, 0.3) is 0 Å². The molecule has 0 aliphatic heterocycles. The molecule has 2 aromatic rings. The van der Waals surface area contributed by atoms with Gasteiger partial charge in [-0.05, 0) is 50.5 Å². The van der Waals surface area contributed by atoms with Crippen LogP contribution in [0.3, 0.4) is 0 Å². The van der Waals surface area contributed by atoms with Gasteiger partial charge < -0.3 is 15.4 Å². The Morgan fingerprint density at radius 3 is 2.19 bits per heavy atom. The van der Waals surface area contributed by atoms with Crippen molar-refractivity contribution in [3.63, 3.8) is 0 Å². The van der Waals surface area contributed by atoms with E-state index in [1.807, 2.05) is 51.1 Å². The SMILES string of the molecule is Cc1ccc(C(=O)NCCNC(=O)CCCOc2c(C)cccc2C)cc1. The van der Waals surface area contributed by atoms with Crippen LogP contribution in [-0.4, -0.2) is 31.5 Å². The maximum atomic E-state index is 12.0. The number of para-hydroxylation sites is 1. The quantitative estimate of drug-likeness (QED) is 0.667. The Morgan fingerprint density at radius 2 is 1.52 bits per heavy atom. The van der Waals surface area contributed by atoms with Gasteiger partial charge in [0.05, 0.1) is 6.61 Å². The zero-order chi connectivity index (χ0) is 19.6. The molecule has 0 aromatic heterocycles. The van der Waals surface area contributed by atoms with Gasteiger partial charge in [0.2, 0.25) is 5.91 Å². The second-order valence-corrected chi connectivity index (χ2v) is 6.64. The van der Waals surface area contributed by atoms with Gasteiger partial charge in [0.1, 0.15) is 5.75 Å². The summed E-state index contributed by atoms with van der Waals surface area (Å²) in [5.74, 6) is 0.729. The molecular formula is C22H28N2O3. The first kappa shape index (κ1) is 20.5. The number of benzene rings is 2. The van der Waals surface area contributed by atoms with E-state index in [4.69, 9.17) is 4.74 Å². The summed E-state index contributed by atoms with van der Waals surface area (Å²) in [6.07, 6.45) is 1.05. The molecule has 0 aliphatic carbocycles. The first-order valence-electron chi connectivity index (χ1n) is 9.28. The Labute approximate surface area is 161 Å². The summed E-state index contributed by atoms with van der Waals surface area (Å²) in [5.41, 5.74) is 3.93. The first-order chi connectivity index (χ1) is 13.0. The zero-order valence-electron chi connectivity index (χ0n) is 16.3. The van der Waals surface area contributed by atoms with Crippen LogP contribution in [0.1, 0.15) is 39.9 Å². The summed E-state index contributed by atoms with van der Waals surface area (Å²) >= 11 is 0. The fourth-order valence-electron chi connectivity index (χ4n) is 2.71. The van der Waals surface area contributed by atoms with Crippen LogP contribution in [0.4, 0.5) is 0 Å². The lowest BCUT2D eigenvalue weighted by molar-refractivity contribution is -0.121. The highest BCUT2D eigenvalue weighted by molar-refractivity contribution is 5.94. The van der Waals surface area contributed by atoms with E-state index >= 15 is 0 Å². The highest BCUT2D eigenvalue weighted by Crippen LogP contribution is 2.22. The van der Waals surface area contributed by atoms with Crippen LogP contribution in [0, 0.1) is 20.8 Å². The molecule has 0 aliphatic rings. The molecule has 0 bridgehead atoms. The summed E-state index contributed by atoms with van der Waals surface area (Å²) in [7, 11) is 0. The second kappa shape index (κ2) is 10.4. The van der Waals surface area contributed by atoms with Crippen LogP contribution >= 0.6 is 0 Å². The molecule has 0 unspecified atom stereocenters. The summed E-state index contributed by atoms with van der Waals surface area (Å²) in [6.45, 7) is 7.32.